The van der Waals surface area contributed by atoms with Gasteiger partial charge in [-0.1, -0.05) is 13.3 Å². The lowest BCUT2D eigenvalue weighted by atomic mass is 10.3. The van der Waals surface area contributed by atoms with Crippen molar-refractivity contribution in [2.45, 2.75) is 39.7 Å². The smallest absolute Gasteiger partial charge is 0.0896 e. The minimum absolute atomic E-state index is 0.632. The Morgan fingerprint density at radius 3 is 2.58 bits per heavy atom. The first-order chi connectivity index (χ1) is 5.74. The first-order valence-electron chi connectivity index (χ1n) is 4.92. The number of nitrogens with zero attached hydrogens (tertiary/aromatic N) is 2. The van der Waals surface area contributed by atoms with E-state index in [1.807, 2.05) is 0 Å². The molecule has 0 N–H and O–H groups in total. The van der Waals surface area contributed by atoms with Gasteiger partial charge in [-0.25, -0.2) is 0 Å². The van der Waals surface area contributed by atoms with Crippen LogP contribution in [0, 0.1) is 0 Å². The van der Waals surface area contributed by atoms with Gasteiger partial charge in [-0.3, -0.25) is 0 Å². The van der Waals surface area contributed by atoms with E-state index in [1.54, 1.807) is 0 Å². The van der Waals surface area contributed by atoms with Crippen molar-refractivity contribution in [3.05, 3.63) is 12.4 Å². The quantitative estimate of drug-likeness (QED) is 0.635. The lowest BCUT2D eigenvalue weighted by molar-refractivity contribution is 0.229. The van der Waals surface area contributed by atoms with Crippen molar-refractivity contribution in [1.82, 2.24) is 9.80 Å². The Balaban J connectivity index is 2.23. The Bertz CT molecular complexity index is 152. The maximum atomic E-state index is 2.38. The van der Waals surface area contributed by atoms with Crippen molar-refractivity contribution in [2.75, 3.05) is 13.2 Å². The molecule has 1 aliphatic heterocycles. The summed E-state index contributed by atoms with van der Waals surface area (Å²) in [5.41, 5.74) is 0. The summed E-state index contributed by atoms with van der Waals surface area (Å²) < 4.78 is 0. The van der Waals surface area contributed by atoms with E-state index in [4.69, 9.17) is 0 Å². The van der Waals surface area contributed by atoms with Crippen LogP contribution in [0.4, 0.5) is 0 Å². The van der Waals surface area contributed by atoms with E-state index >= 15 is 0 Å². The van der Waals surface area contributed by atoms with Crippen molar-refractivity contribution in [1.29, 1.82) is 0 Å². The van der Waals surface area contributed by atoms with Crippen LogP contribution in [0.2, 0.25) is 0 Å². The molecule has 0 atom stereocenters. The number of hydrogen-bond donors (Lipinski definition) is 0. The molecule has 1 heterocycles. The summed E-state index contributed by atoms with van der Waals surface area (Å²) in [7, 11) is 0. The fourth-order valence-electron chi connectivity index (χ4n) is 1.33. The van der Waals surface area contributed by atoms with Gasteiger partial charge in [-0.2, -0.15) is 0 Å². The molecular formula is C10H20N2. The molecule has 0 fully saturated rings. The largest absolute Gasteiger partial charge is 0.359 e. The van der Waals surface area contributed by atoms with Gasteiger partial charge < -0.3 is 9.80 Å². The van der Waals surface area contributed by atoms with Crippen molar-refractivity contribution >= 4 is 0 Å². The van der Waals surface area contributed by atoms with Crippen LogP contribution in [0.15, 0.2) is 12.4 Å². The van der Waals surface area contributed by atoms with Crippen LogP contribution in [0.5, 0.6) is 0 Å². The van der Waals surface area contributed by atoms with Gasteiger partial charge in [0.25, 0.3) is 0 Å². The summed E-state index contributed by atoms with van der Waals surface area (Å²) in [5, 5.41) is 0. The molecule has 70 valence electrons. The third-order valence-electron chi connectivity index (χ3n) is 2.28. The van der Waals surface area contributed by atoms with Gasteiger partial charge >= 0.3 is 0 Å². The molecule has 0 unspecified atom stereocenters. The molecular weight excluding hydrogens is 148 g/mol. The second kappa shape index (κ2) is 4.39. The second-order valence-electron chi connectivity index (χ2n) is 3.71. The average molecular weight is 168 g/mol. The molecule has 0 saturated carbocycles. The fourth-order valence-corrected chi connectivity index (χ4v) is 1.33. The van der Waals surface area contributed by atoms with Crippen LogP contribution in [-0.4, -0.2) is 29.1 Å². The number of rotatable bonds is 4. The van der Waals surface area contributed by atoms with E-state index in [2.05, 4.69) is 43.0 Å². The molecule has 0 bridgehead atoms. The van der Waals surface area contributed by atoms with Gasteiger partial charge in [-0.05, 0) is 20.3 Å². The standard InChI is InChI=1S/C10H20N2/c1-4-5-6-11-7-8-12(9-11)10(2)3/h7-8,10H,4-6,9H2,1-3H3. The Kier molecular flexibility index (Phi) is 3.45. The predicted molar refractivity (Wildman–Crippen MR) is 52.6 cm³/mol. The predicted octanol–water partition coefficient (Wildman–Crippen LogP) is 2.24. The molecule has 0 spiro atoms. The highest BCUT2D eigenvalue weighted by atomic mass is 15.3. The third-order valence-corrected chi connectivity index (χ3v) is 2.28. The lowest BCUT2D eigenvalue weighted by Gasteiger charge is -2.24. The summed E-state index contributed by atoms with van der Waals surface area (Å²) >= 11 is 0. The molecule has 1 aliphatic rings. The van der Waals surface area contributed by atoms with Gasteiger partial charge in [0.2, 0.25) is 0 Å². The molecule has 0 amide bonds. The first kappa shape index (κ1) is 9.43. The van der Waals surface area contributed by atoms with Crippen molar-refractivity contribution in [3.8, 4) is 0 Å². The molecule has 2 nitrogen and oxygen atoms in total. The molecule has 0 radical (unpaired) electrons. The molecule has 0 saturated heterocycles. The van der Waals surface area contributed by atoms with E-state index in [1.165, 1.54) is 19.4 Å². The zero-order chi connectivity index (χ0) is 8.97. The van der Waals surface area contributed by atoms with Crippen molar-refractivity contribution in [2.24, 2.45) is 0 Å². The molecule has 0 aromatic heterocycles. The molecule has 0 aromatic carbocycles. The highest BCUT2D eigenvalue weighted by Gasteiger charge is 2.13. The Morgan fingerprint density at radius 2 is 2.08 bits per heavy atom. The molecule has 1 rings (SSSR count). The van der Waals surface area contributed by atoms with E-state index in [0.29, 0.717) is 6.04 Å². The van der Waals surface area contributed by atoms with Crippen molar-refractivity contribution in [3.63, 3.8) is 0 Å². The van der Waals surface area contributed by atoms with Crippen molar-refractivity contribution < 1.29 is 0 Å². The second-order valence-corrected chi connectivity index (χ2v) is 3.71. The van der Waals surface area contributed by atoms with Crippen LogP contribution in [0.25, 0.3) is 0 Å². The molecule has 12 heavy (non-hydrogen) atoms. The summed E-state index contributed by atoms with van der Waals surface area (Å²) in [6.45, 7) is 8.98. The molecule has 0 aromatic rings. The average Bonchev–Trinajstić information content (AvgIpc) is 2.48. The van der Waals surface area contributed by atoms with Crippen LogP contribution in [0.1, 0.15) is 33.6 Å². The van der Waals surface area contributed by atoms with Gasteiger partial charge in [-0.15, -0.1) is 0 Å². The maximum Gasteiger partial charge on any atom is 0.0896 e. The lowest BCUT2D eigenvalue weighted by Crippen LogP contribution is -2.30. The SMILES string of the molecule is CCCCN1C=CN(C(C)C)C1. The van der Waals surface area contributed by atoms with Gasteiger partial charge in [0.05, 0.1) is 6.67 Å². The van der Waals surface area contributed by atoms with E-state index in [0.717, 1.165) is 6.67 Å². The zero-order valence-corrected chi connectivity index (χ0v) is 8.45. The van der Waals surface area contributed by atoms with Crippen LogP contribution < -0.4 is 0 Å². The minimum Gasteiger partial charge on any atom is -0.359 e. The Hall–Kier alpha value is -0.660. The Labute approximate surface area is 75.8 Å². The normalized spacial score (nSPS) is 16.7. The highest BCUT2D eigenvalue weighted by Crippen LogP contribution is 2.10. The molecule has 0 aliphatic carbocycles. The zero-order valence-electron chi connectivity index (χ0n) is 8.45. The van der Waals surface area contributed by atoms with E-state index in [9.17, 15) is 0 Å². The van der Waals surface area contributed by atoms with E-state index in [-0.39, 0.29) is 0 Å². The highest BCUT2D eigenvalue weighted by molar-refractivity contribution is 4.91. The van der Waals surface area contributed by atoms with Gasteiger partial charge in [0.1, 0.15) is 0 Å². The summed E-state index contributed by atoms with van der Waals surface area (Å²) in [5.74, 6) is 0. The monoisotopic (exact) mass is 168 g/mol. The summed E-state index contributed by atoms with van der Waals surface area (Å²) in [6, 6.07) is 0.632. The summed E-state index contributed by atoms with van der Waals surface area (Å²) in [4.78, 5) is 4.74. The first-order valence-corrected chi connectivity index (χ1v) is 4.92. The number of hydrogen-bond acceptors (Lipinski definition) is 2. The third kappa shape index (κ3) is 2.43. The van der Waals surface area contributed by atoms with Crippen LogP contribution in [-0.2, 0) is 0 Å². The van der Waals surface area contributed by atoms with Crippen LogP contribution in [0.3, 0.4) is 0 Å². The van der Waals surface area contributed by atoms with E-state index < -0.39 is 0 Å². The summed E-state index contributed by atoms with van der Waals surface area (Å²) in [6.07, 6.45) is 6.98. The minimum atomic E-state index is 0.632. The topological polar surface area (TPSA) is 6.48 Å². The molecule has 2 heteroatoms. The maximum absolute atomic E-state index is 2.38. The van der Waals surface area contributed by atoms with Gasteiger partial charge in [0, 0.05) is 25.0 Å². The Morgan fingerprint density at radius 1 is 1.33 bits per heavy atom. The number of unbranched alkanes of at least 4 members (excludes halogenated alkanes) is 1. The van der Waals surface area contributed by atoms with Crippen LogP contribution >= 0.6 is 0 Å². The fraction of sp³-hybridized carbons (Fsp3) is 0.800. The van der Waals surface area contributed by atoms with Gasteiger partial charge in [0.15, 0.2) is 0 Å².